The predicted octanol–water partition coefficient (Wildman–Crippen LogP) is 2.69. The van der Waals surface area contributed by atoms with E-state index in [4.69, 9.17) is 5.73 Å². The number of pyridine rings is 1. The Kier molecular flexibility index (Phi) is 7.61. The van der Waals surface area contributed by atoms with Crippen LogP contribution in [0.15, 0.2) is 75.5 Å². The third-order valence-electron chi connectivity index (χ3n) is 5.66. The topological polar surface area (TPSA) is 251 Å². The summed E-state index contributed by atoms with van der Waals surface area (Å²) in [6.07, 6.45) is 3.47. The van der Waals surface area contributed by atoms with Crippen molar-refractivity contribution in [3.63, 3.8) is 0 Å². The molecule has 41 heavy (non-hydrogen) atoms. The lowest BCUT2D eigenvalue weighted by atomic mass is 10.1. The number of nitrogen functional groups attached to an aromatic ring is 1. The van der Waals surface area contributed by atoms with Gasteiger partial charge in [-0.1, -0.05) is 24.3 Å². The number of nitrogens with two attached hydrogens (primary N) is 1. The summed E-state index contributed by atoms with van der Waals surface area (Å²) in [5.41, 5.74) is 4.23. The molecule has 0 saturated carbocycles. The molecule has 14 nitrogen and oxygen atoms in total. The number of hydrogen-bond acceptors (Lipinski definition) is 10. The Balaban J connectivity index is 1.75. The molecule has 1 amide bonds. The van der Waals surface area contributed by atoms with Gasteiger partial charge in [0.05, 0.1) is 5.56 Å². The highest BCUT2D eigenvalue weighted by Gasteiger charge is 2.24. The number of nitrogens with zero attached hydrogens (tertiary/aromatic N) is 1. The van der Waals surface area contributed by atoms with Gasteiger partial charge in [-0.25, -0.2) is 0 Å². The number of phenolic OH excluding ortho intramolecular Hbond substituents is 1. The van der Waals surface area contributed by atoms with Crippen LogP contribution in [0.1, 0.15) is 21.5 Å². The van der Waals surface area contributed by atoms with Crippen LogP contribution in [0.5, 0.6) is 5.75 Å². The van der Waals surface area contributed by atoms with Crippen LogP contribution in [-0.4, -0.2) is 54.9 Å². The van der Waals surface area contributed by atoms with E-state index < -0.39 is 62.3 Å². The number of anilines is 2. The monoisotopic (exact) mass is 621 g/mol. The second-order valence-electron chi connectivity index (χ2n) is 8.43. The summed E-state index contributed by atoms with van der Waals surface area (Å²) in [5.74, 6) is -1.85. The molecule has 4 aromatic rings. The lowest BCUT2D eigenvalue weighted by molar-refractivity contribution is 0.102. The highest BCUT2D eigenvalue weighted by Crippen LogP contribution is 2.33. The fraction of sp³-hybridized carbons (Fsp3) is 0. The summed E-state index contributed by atoms with van der Waals surface area (Å²) in [4.78, 5) is 14.8. The Bertz CT molecular complexity index is 2090. The smallest absolute Gasteiger partial charge is 0.295 e. The van der Waals surface area contributed by atoms with E-state index in [-0.39, 0.29) is 33.4 Å². The van der Waals surface area contributed by atoms with Crippen LogP contribution in [0.2, 0.25) is 0 Å². The number of carbonyl (C=O) groups excluding carboxylic acids is 1. The zero-order valence-corrected chi connectivity index (χ0v) is 22.8. The van der Waals surface area contributed by atoms with E-state index in [1.807, 2.05) is 0 Å². The lowest BCUT2D eigenvalue weighted by Gasteiger charge is -2.12. The van der Waals surface area contributed by atoms with E-state index >= 15 is 0 Å². The maximum Gasteiger partial charge on any atom is 0.295 e. The first-order chi connectivity index (χ1) is 19.0. The van der Waals surface area contributed by atoms with Gasteiger partial charge in [0.15, 0.2) is 5.75 Å². The van der Waals surface area contributed by atoms with Crippen LogP contribution in [-0.2, 0) is 30.4 Å². The standard InChI is InChI=1S/C24H19N3O11S3/c25-15-7-5-13(19(10-15)39(30,31)32)3-4-14-6-8-16(11-20(14)40(33,34)35)27-24(29)18-12-21(41(36,37)38)17-2-1-9-26-22(17)23(18)28/h1-12,28H,25H2,(H,27,29)(H,30,31,32)(H,33,34,35)(H,36,37,38). The number of rotatable bonds is 7. The second kappa shape index (κ2) is 10.5. The maximum absolute atomic E-state index is 13.0. The molecule has 17 heteroatoms. The van der Waals surface area contributed by atoms with Gasteiger partial charge in [-0.15, -0.1) is 0 Å². The lowest BCUT2D eigenvalue weighted by Crippen LogP contribution is -2.14. The molecule has 1 aromatic heterocycles. The Morgan fingerprint density at radius 1 is 0.780 bits per heavy atom. The Labute approximate surface area is 233 Å². The fourth-order valence-corrected chi connectivity index (χ4v) is 5.99. The average Bonchev–Trinajstić information content (AvgIpc) is 2.87. The molecule has 0 atom stereocenters. The highest BCUT2D eigenvalue weighted by atomic mass is 32.2. The first kappa shape index (κ1) is 29.6. The number of fused-ring (bicyclic) bond motifs is 1. The SMILES string of the molecule is Nc1ccc(C=Cc2ccc(NC(=O)c3cc(S(=O)(=O)O)c4cccnc4c3O)cc2S(=O)(=O)O)c(S(=O)(=O)O)c1. The van der Waals surface area contributed by atoms with Gasteiger partial charge in [0, 0.05) is 23.0 Å². The maximum atomic E-state index is 13.0. The Hall–Kier alpha value is -4.39. The van der Waals surface area contributed by atoms with Crippen LogP contribution in [0.3, 0.4) is 0 Å². The summed E-state index contributed by atoms with van der Waals surface area (Å²) in [7, 11) is -14.5. The normalized spacial score (nSPS) is 12.6. The van der Waals surface area contributed by atoms with E-state index in [1.54, 1.807) is 0 Å². The van der Waals surface area contributed by atoms with Crippen molar-refractivity contribution in [2.45, 2.75) is 14.7 Å². The van der Waals surface area contributed by atoms with Gasteiger partial charge in [-0.3, -0.25) is 23.4 Å². The fourth-order valence-electron chi connectivity index (χ4n) is 3.85. The molecule has 0 bridgehead atoms. The van der Waals surface area contributed by atoms with Crippen LogP contribution in [0.25, 0.3) is 23.1 Å². The Morgan fingerprint density at radius 3 is 1.93 bits per heavy atom. The van der Waals surface area contributed by atoms with Crippen LogP contribution >= 0.6 is 0 Å². The molecule has 1 heterocycles. The minimum atomic E-state index is -4.93. The molecule has 3 aromatic carbocycles. The first-order valence-corrected chi connectivity index (χ1v) is 15.3. The molecule has 214 valence electrons. The summed E-state index contributed by atoms with van der Waals surface area (Å²) in [6.45, 7) is 0. The van der Waals surface area contributed by atoms with Gasteiger partial charge in [0.25, 0.3) is 36.3 Å². The number of carbonyl (C=O) groups is 1. The number of phenols is 1. The number of benzene rings is 3. The zero-order chi connectivity index (χ0) is 30.3. The van der Waals surface area contributed by atoms with E-state index in [0.29, 0.717) is 6.07 Å². The predicted molar refractivity (Wildman–Crippen MR) is 147 cm³/mol. The molecule has 0 radical (unpaired) electrons. The van der Waals surface area contributed by atoms with Crippen molar-refractivity contribution in [1.82, 2.24) is 4.98 Å². The second-order valence-corrected chi connectivity index (χ2v) is 12.6. The van der Waals surface area contributed by atoms with Gasteiger partial charge in [0.2, 0.25) is 0 Å². The summed E-state index contributed by atoms with van der Waals surface area (Å²) >= 11 is 0. The number of aromatic hydroxyl groups is 1. The zero-order valence-electron chi connectivity index (χ0n) is 20.3. The van der Waals surface area contributed by atoms with Gasteiger partial charge in [-0.05, 0) is 53.6 Å². The molecule has 4 rings (SSSR count). The van der Waals surface area contributed by atoms with Crippen molar-refractivity contribution < 1.29 is 48.8 Å². The number of nitrogens with one attached hydrogen (secondary N) is 1. The first-order valence-electron chi connectivity index (χ1n) is 11.0. The third kappa shape index (κ3) is 6.35. The molecule has 0 aliphatic carbocycles. The number of amides is 1. The number of aromatic nitrogens is 1. The van der Waals surface area contributed by atoms with Crippen LogP contribution in [0.4, 0.5) is 11.4 Å². The molecule has 0 aliphatic rings. The molecule has 0 fully saturated rings. The number of hydrogen-bond donors (Lipinski definition) is 6. The molecule has 0 spiro atoms. The largest absolute Gasteiger partial charge is 0.505 e. The molecule has 7 N–H and O–H groups in total. The molecule has 0 unspecified atom stereocenters. The van der Waals surface area contributed by atoms with Crippen molar-refractivity contribution in [2.75, 3.05) is 11.1 Å². The van der Waals surface area contributed by atoms with E-state index in [1.165, 1.54) is 36.5 Å². The van der Waals surface area contributed by atoms with Crippen molar-refractivity contribution >= 4 is 70.7 Å². The van der Waals surface area contributed by atoms with Crippen molar-refractivity contribution in [1.29, 1.82) is 0 Å². The summed E-state index contributed by atoms with van der Waals surface area (Å²) < 4.78 is 100. The quantitative estimate of drug-likeness (QED) is 0.0987. The van der Waals surface area contributed by atoms with Crippen molar-refractivity contribution in [3.8, 4) is 5.75 Å². The van der Waals surface area contributed by atoms with Crippen molar-refractivity contribution in [3.05, 3.63) is 77.5 Å². The van der Waals surface area contributed by atoms with Crippen LogP contribution in [0, 0.1) is 0 Å². The minimum absolute atomic E-state index is 0.0328. The van der Waals surface area contributed by atoms with E-state index in [0.717, 1.165) is 30.4 Å². The van der Waals surface area contributed by atoms with Gasteiger partial charge < -0.3 is 16.2 Å². The van der Waals surface area contributed by atoms with Gasteiger partial charge in [0.1, 0.15) is 20.2 Å². The van der Waals surface area contributed by atoms with Crippen molar-refractivity contribution in [2.24, 2.45) is 0 Å². The van der Waals surface area contributed by atoms with E-state index in [9.17, 15) is 48.8 Å². The Morgan fingerprint density at radius 2 is 1.34 bits per heavy atom. The minimum Gasteiger partial charge on any atom is -0.505 e. The molecule has 0 saturated heterocycles. The van der Waals surface area contributed by atoms with Crippen LogP contribution < -0.4 is 11.1 Å². The average molecular weight is 622 g/mol. The third-order valence-corrected chi connectivity index (χ3v) is 8.37. The van der Waals surface area contributed by atoms with Gasteiger partial charge in [-0.2, -0.15) is 25.3 Å². The molecule has 0 aliphatic heterocycles. The molecular weight excluding hydrogens is 602 g/mol. The van der Waals surface area contributed by atoms with E-state index in [2.05, 4.69) is 10.3 Å². The highest BCUT2D eigenvalue weighted by molar-refractivity contribution is 7.86. The van der Waals surface area contributed by atoms with Gasteiger partial charge >= 0.3 is 0 Å². The molecular formula is C24H19N3O11S3. The summed E-state index contributed by atoms with van der Waals surface area (Å²) in [5, 5.41) is 12.7. The summed E-state index contributed by atoms with van der Waals surface area (Å²) in [6, 6.07) is 10.1.